The van der Waals surface area contributed by atoms with E-state index in [-0.39, 0.29) is 31.3 Å². The predicted octanol–water partition coefficient (Wildman–Crippen LogP) is 2.45. The van der Waals surface area contributed by atoms with Gasteiger partial charge in [-0.15, -0.1) is 10.1 Å². The van der Waals surface area contributed by atoms with Crippen molar-refractivity contribution in [3.8, 4) is 0 Å². The van der Waals surface area contributed by atoms with Crippen LogP contribution in [0.3, 0.4) is 0 Å². The highest BCUT2D eigenvalue weighted by Crippen LogP contribution is 2.19. The fourth-order valence-electron chi connectivity index (χ4n) is 3.09. The van der Waals surface area contributed by atoms with Crippen LogP contribution in [0.1, 0.15) is 67.2 Å². The van der Waals surface area contributed by atoms with E-state index in [0.717, 1.165) is 6.42 Å². The van der Waals surface area contributed by atoms with Crippen LogP contribution in [-0.2, 0) is 23.9 Å². The smallest absolute Gasteiger partial charge is 0.408 e. The molecule has 2 amide bonds. The number of nitrogens with zero attached hydrogens (tertiary/aromatic N) is 2. The van der Waals surface area contributed by atoms with Crippen LogP contribution in [0.4, 0.5) is 4.79 Å². The highest BCUT2D eigenvalue weighted by Gasteiger charge is 2.31. The molecular formula is C20H35N3O8. The summed E-state index contributed by atoms with van der Waals surface area (Å²) in [5, 5.41) is 12.0. The van der Waals surface area contributed by atoms with Crippen LogP contribution in [0.2, 0.25) is 0 Å². The molecule has 1 aliphatic rings. The van der Waals surface area contributed by atoms with Crippen LogP contribution in [0.5, 0.6) is 0 Å². The second-order valence-electron chi connectivity index (χ2n) is 9.64. The highest BCUT2D eigenvalue weighted by atomic mass is 16.9. The number of esters is 1. The molecule has 0 radical (unpaired) electrons. The van der Waals surface area contributed by atoms with Crippen molar-refractivity contribution in [2.24, 2.45) is 5.92 Å². The molecule has 0 saturated carbocycles. The van der Waals surface area contributed by atoms with Crippen LogP contribution in [0, 0.1) is 16.0 Å². The normalized spacial score (nSPS) is 18.0. The van der Waals surface area contributed by atoms with Gasteiger partial charge in [0.1, 0.15) is 23.9 Å². The van der Waals surface area contributed by atoms with E-state index in [0.29, 0.717) is 19.5 Å². The van der Waals surface area contributed by atoms with E-state index in [2.05, 4.69) is 10.2 Å². The van der Waals surface area contributed by atoms with E-state index >= 15 is 0 Å². The molecule has 0 aliphatic carbocycles. The summed E-state index contributed by atoms with van der Waals surface area (Å²) < 4.78 is 10.6. The van der Waals surface area contributed by atoms with Crippen molar-refractivity contribution in [3.05, 3.63) is 10.1 Å². The van der Waals surface area contributed by atoms with Gasteiger partial charge in [0.05, 0.1) is 0 Å². The molecule has 0 spiro atoms. The molecule has 11 nitrogen and oxygen atoms in total. The molecule has 0 aromatic rings. The minimum atomic E-state index is -1.04. The van der Waals surface area contributed by atoms with E-state index in [1.807, 2.05) is 0 Å². The van der Waals surface area contributed by atoms with Crippen LogP contribution in [-0.4, -0.2) is 64.9 Å². The molecule has 1 heterocycles. The molecule has 0 aromatic carbocycles. The third-order valence-corrected chi connectivity index (χ3v) is 4.32. The van der Waals surface area contributed by atoms with Crippen LogP contribution in [0.15, 0.2) is 0 Å². The van der Waals surface area contributed by atoms with Gasteiger partial charge in [-0.05, 0) is 60.8 Å². The van der Waals surface area contributed by atoms with Crippen molar-refractivity contribution in [1.29, 1.82) is 0 Å². The molecule has 1 unspecified atom stereocenters. The zero-order valence-electron chi connectivity index (χ0n) is 19.3. The molecule has 178 valence electrons. The standard InChI is InChI=1S/C20H35N3O8/c1-19(2,3)30-17(25)15(21-18(26)31-20(4,5)6)9-10-16(24)22-11-7-8-14(12-22)13-29-23(27)28/h14-15H,7-13H2,1-6H3,(H,21,26)/t14?,15-/m0/s1. The molecule has 31 heavy (non-hydrogen) atoms. The fraction of sp³-hybridized carbons (Fsp3) is 0.850. The van der Waals surface area contributed by atoms with E-state index in [9.17, 15) is 24.5 Å². The lowest BCUT2D eigenvalue weighted by molar-refractivity contribution is -0.759. The Morgan fingerprint density at radius 1 is 1.13 bits per heavy atom. The summed E-state index contributed by atoms with van der Waals surface area (Å²) in [6.45, 7) is 11.1. The van der Waals surface area contributed by atoms with Gasteiger partial charge in [0, 0.05) is 25.4 Å². The van der Waals surface area contributed by atoms with Crippen molar-refractivity contribution in [2.45, 2.75) is 84.5 Å². The topological polar surface area (TPSA) is 137 Å². The Hall–Kier alpha value is -2.59. The number of rotatable bonds is 8. The molecule has 1 aliphatic heterocycles. The Morgan fingerprint density at radius 2 is 1.74 bits per heavy atom. The summed E-state index contributed by atoms with van der Waals surface area (Å²) in [5.41, 5.74) is -1.50. The third-order valence-electron chi connectivity index (χ3n) is 4.32. The number of amides is 2. The summed E-state index contributed by atoms with van der Waals surface area (Å²) in [6, 6.07) is -1.04. The monoisotopic (exact) mass is 445 g/mol. The minimum absolute atomic E-state index is 0.00250. The average Bonchev–Trinajstić information content (AvgIpc) is 2.60. The first-order valence-electron chi connectivity index (χ1n) is 10.4. The van der Waals surface area contributed by atoms with Gasteiger partial charge in [-0.25, -0.2) is 9.59 Å². The highest BCUT2D eigenvalue weighted by molar-refractivity contribution is 5.83. The van der Waals surface area contributed by atoms with E-state index < -0.39 is 34.4 Å². The number of likely N-dealkylation sites (tertiary alicyclic amines) is 1. The number of ether oxygens (including phenoxy) is 2. The number of alkyl carbamates (subject to hydrolysis) is 1. The first-order valence-corrected chi connectivity index (χ1v) is 10.4. The van der Waals surface area contributed by atoms with Crippen molar-refractivity contribution in [2.75, 3.05) is 19.7 Å². The molecule has 1 rings (SSSR count). The Kier molecular flexibility index (Phi) is 9.51. The summed E-state index contributed by atoms with van der Waals surface area (Å²) in [4.78, 5) is 53.8. The summed E-state index contributed by atoms with van der Waals surface area (Å²) in [6.07, 6.45) is 0.717. The first-order chi connectivity index (χ1) is 14.2. The van der Waals surface area contributed by atoms with Gasteiger partial charge in [-0.1, -0.05) is 0 Å². The van der Waals surface area contributed by atoms with Crippen LogP contribution < -0.4 is 5.32 Å². The minimum Gasteiger partial charge on any atom is -0.458 e. The van der Waals surface area contributed by atoms with Gasteiger partial charge in [-0.3, -0.25) is 4.79 Å². The van der Waals surface area contributed by atoms with Gasteiger partial charge in [0.15, 0.2) is 0 Å². The molecule has 1 saturated heterocycles. The van der Waals surface area contributed by atoms with Crippen molar-refractivity contribution < 1.29 is 33.8 Å². The summed E-state index contributed by atoms with van der Waals surface area (Å²) in [5.74, 6) is -0.975. The molecular weight excluding hydrogens is 410 g/mol. The zero-order valence-corrected chi connectivity index (χ0v) is 19.3. The van der Waals surface area contributed by atoms with Gasteiger partial charge in [0.25, 0.3) is 5.09 Å². The maximum absolute atomic E-state index is 12.7. The quantitative estimate of drug-likeness (QED) is 0.342. The average molecular weight is 446 g/mol. The van der Waals surface area contributed by atoms with Crippen LogP contribution >= 0.6 is 0 Å². The fourth-order valence-corrected chi connectivity index (χ4v) is 3.09. The Balaban J connectivity index is 2.70. The zero-order chi connectivity index (χ0) is 23.8. The van der Waals surface area contributed by atoms with Crippen molar-refractivity contribution >= 4 is 18.0 Å². The number of hydrogen-bond acceptors (Lipinski definition) is 8. The number of carbonyl (C=O) groups excluding carboxylic acids is 3. The number of piperidine rings is 1. The van der Waals surface area contributed by atoms with E-state index in [1.165, 1.54) is 0 Å². The van der Waals surface area contributed by atoms with Crippen molar-refractivity contribution in [3.63, 3.8) is 0 Å². The lowest BCUT2D eigenvalue weighted by Gasteiger charge is -2.32. The second kappa shape index (κ2) is 11.1. The van der Waals surface area contributed by atoms with Crippen LogP contribution in [0.25, 0.3) is 0 Å². The Morgan fingerprint density at radius 3 is 2.29 bits per heavy atom. The molecule has 0 aromatic heterocycles. The summed E-state index contributed by atoms with van der Waals surface area (Å²) in [7, 11) is 0. The SMILES string of the molecule is CC(C)(C)OC(=O)N[C@@H](CCC(=O)N1CCCC(CO[N+](=O)[O-])C1)C(=O)OC(C)(C)C. The van der Waals surface area contributed by atoms with Gasteiger partial charge in [0.2, 0.25) is 5.91 Å². The van der Waals surface area contributed by atoms with E-state index in [4.69, 9.17) is 9.47 Å². The Labute approximate surface area is 182 Å². The maximum Gasteiger partial charge on any atom is 0.408 e. The lowest BCUT2D eigenvalue weighted by atomic mass is 9.98. The van der Waals surface area contributed by atoms with Crippen molar-refractivity contribution in [1.82, 2.24) is 10.2 Å². The largest absolute Gasteiger partial charge is 0.458 e. The van der Waals surface area contributed by atoms with Gasteiger partial charge in [-0.2, -0.15) is 0 Å². The number of hydrogen-bond donors (Lipinski definition) is 1. The lowest BCUT2D eigenvalue weighted by Crippen LogP contribution is -2.47. The number of carbonyl (C=O) groups is 3. The number of nitrogens with one attached hydrogen (secondary N) is 1. The molecule has 1 fully saturated rings. The second-order valence-corrected chi connectivity index (χ2v) is 9.64. The molecule has 1 N–H and O–H groups in total. The van der Waals surface area contributed by atoms with E-state index in [1.54, 1.807) is 46.4 Å². The third kappa shape index (κ3) is 11.4. The first kappa shape index (κ1) is 26.4. The van der Waals surface area contributed by atoms with Gasteiger partial charge < -0.3 is 24.5 Å². The predicted molar refractivity (Wildman–Crippen MR) is 110 cm³/mol. The summed E-state index contributed by atoms with van der Waals surface area (Å²) >= 11 is 0. The molecule has 2 atom stereocenters. The Bertz CT molecular complexity index is 654. The maximum atomic E-state index is 12.7. The van der Waals surface area contributed by atoms with Gasteiger partial charge >= 0.3 is 12.1 Å². The molecule has 0 bridgehead atoms. The molecule has 11 heteroatoms.